The highest BCUT2D eigenvalue weighted by atomic mass is 14.8. The monoisotopic (exact) mass is 206 g/mol. The zero-order valence-electron chi connectivity index (χ0n) is 8.28. The van der Waals surface area contributed by atoms with Gasteiger partial charge in [0.15, 0.2) is 0 Å². The van der Waals surface area contributed by atoms with Crippen LogP contribution in [0.3, 0.4) is 0 Å². The van der Waals surface area contributed by atoms with Gasteiger partial charge in [0.25, 0.3) is 0 Å². The molecule has 0 unspecified atom stereocenters. The lowest BCUT2D eigenvalue weighted by Gasteiger charge is -1.96. The first-order valence-corrected chi connectivity index (χ1v) is 4.54. The van der Waals surface area contributed by atoms with Crippen LogP contribution < -0.4 is 0 Å². The zero-order chi connectivity index (χ0) is 9.68. The van der Waals surface area contributed by atoms with Crippen molar-refractivity contribution in [2.45, 2.75) is 35.6 Å². The Hall–Kier alpha value is -1.44. The predicted molar refractivity (Wildman–Crippen MR) is 69.1 cm³/mol. The molecule has 2 heteroatoms. The summed E-state index contributed by atoms with van der Waals surface area (Å²) in [7, 11) is 0. The smallest absolute Gasteiger partial charge is 0.116 e. The van der Waals surface area contributed by atoms with Crippen molar-refractivity contribution in [2.24, 2.45) is 0 Å². The van der Waals surface area contributed by atoms with Gasteiger partial charge in [-0.3, -0.25) is 0 Å². The fourth-order valence-corrected chi connectivity index (χ4v) is 1.14. The molecule has 2 aromatic rings. The summed E-state index contributed by atoms with van der Waals surface area (Å²) in [5.41, 5.74) is 2.05. The molecular formula is C13H22N2. The molecule has 0 radical (unpaired) electrons. The van der Waals surface area contributed by atoms with Crippen molar-refractivity contribution in [3.63, 3.8) is 0 Å². The average Bonchev–Trinajstić information content (AvgIpc) is 2.22. The molecule has 0 fully saturated rings. The fraction of sp³-hybridized carbons (Fsp3) is 0.385. The van der Waals surface area contributed by atoms with Crippen LogP contribution in [-0.2, 0) is 0 Å². The van der Waals surface area contributed by atoms with Gasteiger partial charge in [-0.15, -0.1) is 0 Å². The van der Waals surface area contributed by atoms with Crippen LogP contribution in [0.15, 0.2) is 30.6 Å². The molecule has 1 aromatic heterocycles. The number of para-hydroxylation sites is 1. The van der Waals surface area contributed by atoms with Crippen LogP contribution in [0.2, 0.25) is 0 Å². The Morgan fingerprint density at radius 1 is 0.933 bits per heavy atom. The summed E-state index contributed by atoms with van der Waals surface area (Å²) in [6.45, 7) is 5.99. The fourth-order valence-electron chi connectivity index (χ4n) is 1.14. The van der Waals surface area contributed by atoms with Crippen molar-refractivity contribution in [2.75, 3.05) is 0 Å². The number of hydrogen-bond donors (Lipinski definition) is 0. The van der Waals surface area contributed by atoms with Gasteiger partial charge in [0.2, 0.25) is 0 Å². The molecular weight excluding hydrogens is 184 g/mol. The number of rotatable bonds is 0. The van der Waals surface area contributed by atoms with Gasteiger partial charge in [-0.2, -0.15) is 0 Å². The van der Waals surface area contributed by atoms with E-state index in [0.29, 0.717) is 0 Å². The van der Waals surface area contributed by atoms with E-state index in [2.05, 4.69) is 9.97 Å². The number of aryl methyl sites for hydroxylation is 1. The van der Waals surface area contributed by atoms with E-state index < -0.39 is 0 Å². The van der Waals surface area contributed by atoms with E-state index in [1.807, 2.05) is 45.0 Å². The van der Waals surface area contributed by atoms with Gasteiger partial charge < -0.3 is 0 Å². The molecule has 84 valence electrons. The summed E-state index contributed by atoms with van der Waals surface area (Å²) in [5.74, 6) is 0. The van der Waals surface area contributed by atoms with Gasteiger partial charge in [0, 0.05) is 11.1 Å². The lowest BCUT2D eigenvalue weighted by atomic mass is 10.2. The topological polar surface area (TPSA) is 25.8 Å². The molecule has 0 aliphatic heterocycles. The second-order valence-corrected chi connectivity index (χ2v) is 2.48. The molecule has 0 saturated carbocycles. The zero-order valence-corrected chi connectivity index (χ0v) is 8.28. The van der Waals surface area contributed by atoms with Gasteiger partial charge in [-0.25, -0.2) is 9.97 Å². The summed E-state index contributed by atoms with van der Waals surface area (Å²) < 4.78 is 0. The Bertz CT molecular complexity index is 378. The van der Waals surface area contributed by atoms with Crippen molar-refractivity contribution in [3.8, 4) is 0 Å². The predicted octanol–water partition coefficient (Wildman–Crippen LogP) is 4.24. The minimum Gasteiger partial charge on any atom is -0.241 e. The molecule has 0 aliphatic carbocycles. The highest BCUT2D eigenvalue weighted by Gasteiger charge is 1.94. The molecule has 1 heterocycles. The Kier molecular flexibility index (Phi) is 8.45. The number of nitrogens with zero attached hydrogens (tertiary/aromatic N) is 2. The standard InChI is InChI=1S/C9H8N2.C2H6.2CH4/c1-7-8-4-2-3-5-9(8)11-6-10-7;1-2;;/h2-6H,1H3;1-2H3;2*1H4. The van der Waals surface area contributed by atoms with E-state index in [1.54, 1.807) is 6.33 Å². The summed E-state index contributed by atoms with van der Waals surface area (Å²) in [5, 5.41) is 1.13. The minimum absolute atomic E-state index is 0. The summed E-state index contributed by atoms with van der Waals surface area (Å²) in [6, 6.07) is 8.00. The van der Waals surface area contributed by atoms with Gasteiger partial charge in [0.05, 0.1) is 5.52 Å². The maximum atomic E-state index is 4.13. The highest BCUT2D eigenvalue weighted by molar-refractivity contribution is 5.80. The molecule has 0 aliphatic rings. The third kappa shape index (κ3) is 3.66. The average molecular weight is 206 g/mol. The molecule has 0 bridgehead atoms. The Morgan fingerprint density at radius 3 is 2.13 bits per heavy atom. The SMILES string of the molecule is C.C.CC.Cc1ncnc2ccccc12. The Balaban J connectivity index is 0. The highest BCUT2D eigenvalue weighted by Crippen LogP contribution is 2.11. The molecule has 1 aromatic carbocycles. The second-order valence-electron chi connectivity index (χ2n) is 2.48. The maximum Gasteiger partial charge on any atom is 0.116 e. The van der Waals surface area contributed by atoms with E-state index in [4.69, 9.17) is 0 Å². The Labute approximate surface area is 93.4 Å². The van der Waals surface area contributed by atoms with Crippen LogP contribution in [0.4, 0.5) is 0 Å². The third-order valence-electron chi connectivity index (χ3n) is 1.74. The number of hydrogen-bond acceptors (Lipinski definition) is 2. The summed E-state index contributed by atoms with van der Waals surface area (Å²) >= 11 is 0. The van der Waals surface area contributed by atoms with Crippen molar-refractivity contribution < 1.29 is 0 Å². The lowest BCUT2D eigenvalue weighted by Crippen LogP contribution is -1.85. The molecule has 0 atom stereocenters. The van der Waals surface area contributed by atoms with Crippen LogP contribution >= 0.6 is 0 Å². The number of benzene rings is 1. The quantitative estimate of drug-likeness (QED) is 0.644. The first-order chi connectivity index (χ1) is 6.38. The van der Waals surface area contributed by atoms with E-state index in [1.165, 1.54) is 0 Å². The second kappa shape index (κ2) is 7.92. The lowest BCUT2D eigenvalue weighted by molar-refractivity contribution is 1.15. The molecule has 2 rings (SSSR count). The summed E-state index contributed by atoms with van der Waals surface area (Å²) in [6.07, 6.45) is 1.59. The van der Waals surface area contributed by atoms with E-state index in [0.717, 1.165) is 16.6 Å². The van der Waals surface area contributed by atoms with Gasteiger partial charge in [-0.1, -0.05) is 46.9 Å². The van der Waals surface area contributed by atoms with Crippen molar-refractivity contribution in [3.05, 3.63) is 36.3 Å². The van der Waals surface area contributed by atoms with Crippen LogP contribution in [0.1, 0.15) is 34.4 Å². The molecule has 15 heavy (non-hydrogen) atoms. The molecule has 0 amide bonds. The molecule has 2 nitrogen and oxygen atoms in total. The normalized spacial score (nSPS) is 7.93. The first-order valence-electron chi connectivity index (χ1n) is 4.54. The van der Waals surface area contributed by atoms with Crippen molar-refractivity contribution in [1.82, 2.24) is 9.97 Å². The Morgan fingerprint density at radius 2 is 1.53 bits per heavy atom. The summed E-state index contributed by atoms with van der Waals surface area (Å²) in [4.78, 5) is 8.23. The van der Waals surface area contributed by atoms with E-state index >= 15 is 0 Å². The van der Waals surface area contributed by atoms with Gasteiger partial charge in [-0.05, 0) is 13.0 Å². The largest absolute Gasteiger partial charge is 0.241 e. The van der Waals surface area contributed by atoms with Crippen molar-refractivity contribution in [1.29, 1.82) is 0 Å². The van der Waals surface area contributed by atoms with E-state index in [9.17, 15) is 0 Å². The minimum atomic E-state index is 0. The number of fused-ring (bicyclic) bond motifs is 1. The van der Waals surface area contributed by atoms with Crippen LogP contribution in [-0.4, -0.2) is 9.97 Å². The van der Waals surface area contributed by atoms with Crippen molar-refractivity contribution >= 4 is 10.9 Å². The van der Waals surface area contributed by atoms with Crippen LogP contribution in [0.5, 0.6) is 0 Å². The van der Waals surface area contributed by atoms with Gasteiger partial charge >= 0.3 is 0 Å². The van der Waals surface area contributed by atoms with Crippen LogP contribution in [0, 0.1) is 6.92 Å². The van der Waals surface area contributed by atoms with E-state index in [-0.39, 0.29) is 14.9 Å². The third-order valence-corrected chi connectivity index (χ3v) is 1.74. The molecule has 0 N–H and O–H groups in total. The van der Waals surface area contributed by atoms with Gasteiger partial charge in [0.1, 0.15) is 6.33 Å². The number of aromatic nitrogens is 2. The molecule has 0 saturated heterocycles. The molecule has 0 spiro atoms. The van der Waals surface area contributed by atoms with Crippen LogP contribution in [0.25, 0.3) is 10.9 Å². The first kappa shape index (κ1) is 16.0. The maximum absolute atomic E-state index is 4.13.